The van der Waals surface area contributed by atoms with Crippen molar-refractivity contribution in [3.05, 3.63) is 75.7 Å². The van der Waals surface area contributed by atoms with Crippen LogP contribution in [0.3, 0.4) is 0 Å². The van der Waals surface area contributed by atoms with E-state index in [0.29, 0.717) is 11.5 Å². The first kappa shape index (κ1) is 18.1. The molecule has 2 aromatic heterocycles. The minimum atomic E-state index is -0.678. The van der Waals surface area contributed by atoms with Gasteiger partial charge in [0, 0.05) is 22.8 Å². The summed E-state index contributed by atoms with van der Waals surface area (Å²) in [4.78, 5) is 11.2. The van der Waals surface area contributed by atoms with E-state index < -0.39 is 11.7 Å². The maximum atomic E-state index is 14.3. The van der Waals surface area contributed by atoms with Gasteiger partial charge < -0.3 is 10.3 Å². The number of hydrogen-bond donors (Lipinski definition) is 1. The summed E-state index contributed by atoms with van der Waals surface area (Å²) in [6.45, 7) is 4.15. The Kier molecular flexibility index (Phi) is 4.57. The van der Waals surface area contributed by atoms with Gasteiger partial charge in [-0.2, -0.15) is 11.3 Å². The van der Waals surface area contributed by atoms with Crippen LogP contribution in [-0.2, 0) is 0 Å². The van der Waals surface area contributed by atoms with Gasteiger partial charge in [-0.3, -0.25) is 4.79 Å². The van der Waals surface area contributed by atoms with E-state index in [1.165, 1.54) is 28.8 Å². The molecule has 2 N–H and O–H groups in total. The molecular formula is C22H17FN2O2S. The highest BCUT2D eigenvalue weighted by Gasteiger charge is 2.15. The Morgan fingerprint density at radius 2 is 1.79 bits per heavy atom. The van der Waals surface area contributed by atoms with Gasteiger partial charge in [0.2, 0.25) is 5.91 Å². The third kappa shape index (κ3) is 3.23. The van der Waals surface area contributed by atoms with E-state index in [0.717, 1.165) is 17.2 Å². The van der Waals surface area contributed by atoms with Gasteiger partial charge in [0.1, 0.15) is 11.5 Å². The second-order valence-corrected chi connectivity index (χ2v) is 7.38. The molecule has 0 saturated carbocycles. The Morgan fingerprint density at radius 1 is 1.00 bits per heavy atom. The molecule has 0 spiro atoms. The molecule has 0 aliphatic rings. The number of amides is 1. The smallest absolute Gasteiger partial charge is 0.248 e. The predicted octanol–water partition coefficient (Wildman–Crippen LogP) is 5.59. The standard InChI is InChI=1S/C22H17FN2O2S/c1-12-7-14(3-5-16(12)18-11-28-10-13(18)2)21-9-20(25-27-21)17-6-4-15(22(24)26)8-19(17)23/h3-11H,1-2H3,(H2,24,26). The van der Waals surface area contributed by atoms with Gasteiger partial charge in [-0.15, -0.1) is 0 Å². The lowest BCUT2D eigenvalue weighted by atomic mass is 9.97. The van der Waals surface area contributed by atoms with Crippen LogP contribution < -0.4 is 5.73 Å². The lowest BCUT2D eigenvalue weighted by Gasteiger charge is -2.07. The molecule has 4 aromatic rings. The highest BCUT2D eigenvalue weighted by molar-refractivity contribution is 7.08. The summed E-state index contributed by atoms with van der Waals surface area (Å²) in [5, 5.41) is 8.25. The van der Waals surface area contributed by atoms with Crippen molar-refractivity contribution in [2.75, 3.05) is 0 Å². The van der Waals surface area contributed by atoms with Gasteiger partial charge >= 0.3 is 0 Å². The number of rotatable bonds is 4. The van der Waals surface area contributed by atoms with Crippen LogP contribution in [0.15, 0.2) is 57.7 Å². The van der Waals surface area contributed by atoms with E-state index in [1.54, 1.807) is 17.4 Å². The van der Waals surface area contributed by atoms with Crippen molar-refractivity contribution >= 4 is 17.2 Å². The van der Waals surface area contributed by atoms with Crippen molar-refractivity contribution in [1.29, 1.82) is 0 Å². The van der Waals surface area contributed by atoms with E-state index >= 15 is 0 Å². The summed E-state index contributed by atoms with van der Waals surface area (Å²) >= 11 is 1.68. The fraction of sp³-hybridized carbons (Fsp3) is 0.0909. The van der Waals surface area contributed by atoms with Crippen molar-refractivity contribution in [1.82, 2.24) is 5.16 Å². The van der Waals surface area contributed by atoms with Crippen molar-refractivity contribution in [2.24, 2.45) is 5.73 Å². The number of aryl methyl sites for hydroxylation is 2. The Hall–Kier alpha value is -3.25. The second-order valence-electron chi connectivity index (χ2n) is 6.63. The average Bonchev–Trinajstić information content (AvgIpc) is 3.31. The predicted molar refractivity (Wildman–Crippen MR) is 109 cm³/mol. The lowest BCUT2D eigenvalue weighted by molar-refractivity contribution is 0.1000. The van der Waals surface area contributed by atoms with Crippen molar-refractivity contribution in [3.8, 4) is 33.7 Å². The van der Waals surface area contributed by atoms with Crippen molar-refractivity contribution < 1.29 is 13.7 Å². The van der Waals surface area contributed by atoms with Gasteiger partial charge in [-0.1, -0.05) is 17.3 Å². The van der Waals surface area contributed by atoms with Crippen molar-refractivity contribution in [2.45, 2.75) is 13.8 Å². The molecule has 0 bridgehead atoms. The molecular weight excluding hydrogens is 375 g/mol. The van der Waals surface area contributed by atoms with Gasteiger partial charge in [0.25, 0.3) is 0 Å². The number of hydrogen-bond acceptors (Lipinski definition) is 4. The van der Waals surface area contributed by atoms with Crippen LogP contribution in [0.25, 0.3) is 33.7 Å². The number of nitrogens with zero attached hydrogens (tertiary/aromatic N) is 1. The van der Waals surface area contributed by atoms with Gasteiger partial charge in [0.05, 0.1) is 0 Å². The fourth-order valence-electron chi connectivity index (χ4n) is 3.17. The summed E-state index contributed by atoms with van der Waals surface area (Å²) in [5.74, 6) is -0.705. The van der Waals surface area contributed by atoms with Gasteiger partial charge in [-0.25, -0.2) is 4.39 Å². The summed E-state index contributed by atoms with van der Waals surface area (Å²) in [6.07, 6.45) is 0. The third-order valence-electron chi connectivity index (χ3n) is 4.70. The van der Waals surface area contributed by atoms with Crippen molar-refractivity contribution in [3.63, 3.8) is 0 Å². The number of aromatic nitrogens is 1. The summed E-state index contributed by atoms with van der Waals surface area (Å²) in [6, 6.07) is 11.8. The summed E-state index contributed by atoms with van der Waals surface area (Å²) < 4.78 is 19.8. The van der Waals surface area contributed by atoms with Gasteiger partial charge in [-0.05, 0) is 71.1 Å². The Bertz CT molecular complexity index is 1190. The van der Waals surface area contributed by atoms with E-state index in [4.69, 9.17) is 10.3 Å². The van der Waals surface area contributed by atoms with Gasteiger partial charge in [0.15, 0.2) is 5.76 Å². The Morgan fingerprint density at radius 3 is 2.43 bits per heavy atom. The second kappa shape index (κ2) is 7.05. The molecule has 1 amide bonds. The van der Waals surface area contributed by atoms with Crippen LogP contribution in [0.5, 0.6) is 0 Å². The highest BCUT2D eigenvalue weighted by Crippen LogP contribution is 2.33. The molecule has 2 heterocycles. The molecule has 2 aromatic carbocycles. The molecule has 0 atom stereocenters. The molecule has 140 valence electrons. The van der Waals surface area contributed by atoms with E-state index in [2.05, 4.69) is 35.8 Å². The molecule has 28 heavy (non-hydrogen) atoms. The number of benzene rings is 2. The number of carbonyl (C=O) groups excluding carboxylic acids is 1. The van der Waals surface area contributed by atoms with Crippen LogP contribution in [0.1, 0.15) is 21.5 Å². The van der Waals surface area contributed by atoms with E-state index in [-0.39, 0.29) is 11.1 Å². The molecule has 6 heteroatoms. The average molecular weight is 392 g/mol. The third-order valence-corrected chi connectivity index (χ3v) is 5.56. The van der Waals surface area contributed by atoms with Crippen LogP contribution in [0.2, 0.25) is 0 Å². The first-order chi connectivity index (χ1) is 13.4. The van der Waals surface area contributed by atoms with Crippen LogP contribution >= 0.6 is 11.3 Å². The SMILES string of the molecule is Cc1cc(-c2cc(-c3ccc(C(N)=O)cc3F)no2)ccc1-c1cscc1C. The molecule has 0 saturated heterocycles. The van der Waals surface area contributed by atoms with Crippen LogP contribution in [0.4, 0.5) is 4.39 Å². The molecule has 4 rings (SSSR count). The molecule has 0 radical (unpaired) electrons. The highest BCUT2D eigenvalue weighted by atomic mass is 32.1. The zero-order valence-corrected chi connectivity index (χ0v) is 16.1. The fourth-order valence-corrected chi connectivity index (χ4v) is 4.02. The molecule has 0 aliphatic heterocycles. The maximum Gasteiger partial charge on any atom is 0.248 e. The normalized spacial score (nSPS) is 11.0. The first-order valence-corrected chi connectivity index (χ1v) is 9.59. The Labute approximate surface area is 165 Å². The monoisotopic (exact) mass is 392 g/mol. The summed E-state index contributed by atoms with van der Waals surface area (Å²) in [5.41, 5.74) is 11.5. The number of thiophene rings is 1. The summed E-state index contributed by atoms with van der Waals surface area (Å²) in [7, 11) is 0. The first-order valence-electron chi connectivity index (χ1n) is 8.64. The molecule has 0 fully saturated rings. The van der Waals surface area contributed by atoms with Crippen LogP contribution in [0, 0.1) is 19.7 Å². The topological polar surface area (TPSA) is 69.1 Å². The molecule has 0 aliphatic carbocycles. The maximum absolute atomic E-state index is 14.3. The largest absolute Gasteiger partial charge is 0.366 e. The minimum Gasteiger partial charge on any atom is -0.366 e. The zero-order chi connectivity index (χ0) is 19.8. The lowest BCUT2D eigenvalue weighted by Crippen LogP contribution is -2.11. The molecule has 0 unspecified atom stereocenters. The minimum absolute atomic E-state index is 0.111. The Balaban J connectivity index is 1.67. The molecule has 4 nitrogen and oxygen atoms in total. The number of nitrogens with two attached hydrogens (primary N) is 1. The number of carbonyl (C=O) groups is 1. The number of halogens is 1. The number of primary amides is 1. The van der Waals surface area contributed by atoms with Crippen LogP contribution in [-0.4, -0.2) is 11.1 Å². The van der Waals surface area contributed by atoms with E-state index in [1.807, 2.05) is 12.1 Å². The van der Waals surface area contributed by atoms with E-state index in [9.17, 15) is 9.18 Å². The quantitative estimate of drug-likeness (QED) is 0.492. The zero-order valence-electron chi connectivity index (χ0n) is 15.3.